The van der Waals surface area contributed by atoms with Crippen molar-refractivity contribution < 1.29 is 0 Å². The normalized spacial score (nSPS) is 22.2. The van der Waals surface area contributed by atoms with Crippen LogP contribution in [0.2, 0.25) is 0 Å². The smallest absolute Gasteiger partial charge is 0.231 e. The summed E-state index contributed by atoms with van der Waals surface area (Å²) in [5.74, 6) is 7.89. The quantitative estimate of drug-likeness (QED) is 0.224. The number of unbranched alkanes of at least 4 members (excludes halogenated alkanes) is 1. The zero-order valence-electron chi connectivity index (χ0n) is 27.8. The van der Waals surface area contributed by atoms with E-state index in [4.69, 9.17) is 15.0 Å². The second-order valence-electron chi connectivity index (χ2n) is 14.1. The summed E-state index contributed by atoms with van der Waals surface area (Å²) in [6.07, 6.45) is 18.4. The monoisotopic (exact) mass is 569 g/mol. The summed E-state index contributed by atoms with van der Waals surface area (Å²) < 4.78 is 0. The zero-order chi connectivity index (χ0) is 29.2. The maximum Gasteiger partial charge on any atom is 0.231 e. The minimum Gasteiger partial charge on any atom is -0.341 e. The van der Waals surface area contributed by atoms with Crippen molar-refractivity contribution in [2.24, 2.45) is 35.5 Å². The van der Waals surface area contributed by atoms with Gasteiger partial charge in [0.2, 0.25) is 17.8 Å². The third kappa shape index (κ3) is 8.72. The Balaban J connectivity index is 1.48. The van der Waals surface area contributed by atoms with Gasteiger partial charge in [0.15, 0.2) is 0 Å². The summed E-state index contributed by atoms with van der Waals surface area (Å²) in [5, 5.41) is 0. The Morgan fingerprint density at radius 1 is 0.537 bits per heavy atom. The summed E-state index contributed by atoms with van der Waals surface area (Å²) in [6, 6.07) is 0. The van der Waals surface area contributed by atoms with E-state index in [1.807, 2.05) is 0 Å². The summed E-state index contributed by atoms with van der Waals surface area (Å²) in [6.45, 7) is 20.7. The van der Waals surface area contributed by atoms with E-state index in [1.54, 1.807) is 0 Å². The van der Waals surface area contributed by atoms with Crippen molar-refractivity contribution in [3.05, 3.63) is 0 Å². The van der Waals surface area contributed by atoms with Crippen LogP contribution in [0.5, 0.6) is 0 Å². The van der Waals surface area contributed by atoms with Gasteiger partial charge in [0, 0.05) is 39.3 Å². The second kappa shape index (κ2) is 16.3. The van der Waals surface area contributed by atoms with Gasteiger partial charge in [-0.2, -0.15) is 15.0 Å². The molecule has 0 saturated carbocycles. The fourth-order valence-corrected chi connectivity index (χ4v) is 8.15. The van der Waals surface area contributed by atoms with Crippen LogP contribution in [-0.2, 0) is 0 Å². The first-order valence-electron chi connectivity index (χ1n) is 18.0. The Labute approximate surface area is 253 Å². The molecule has 6 heteroatoms. The van der Waals surface area contributed by atoms with E-state index in [9.17, 15) is 0 Å². The molecule has 4 rings (SSSR count). The lowest BCUT2D eigenvalue weighted by molar-refractivity contribution is 0.239. The van der Waals surface area contributed by atoms with Crippen molar-refractivity contribution in [2.75, 3.05) is 54.0 Å². The molecule has 3 aliphatic rings. The molecular weight excluding hydrogens is 504 g/mol. The van der Waals surface area contributed by atoms with Gasteiger partial charge in [-0.25, -0.2) is 0 Å². The third-order valence-corrected chi connectivity index (χ3v) is 11.3. The van der Waals surface area contributed by atoms with Crippen LogP contribution in [0.4, 0.5) is 17.8 Å². The van der Waals surface area contributed by atoms with Crippen molar-refractivity contribution >= 4 is 17.8 Å². The van der Waals surface area contributed by atoms with Crippen LogP contribution in [0.25, 0.3) is 0 Å². The van der Waals surface area contributed by atoms with Gasteiger partial charge < -0.3 is 14.7 Å². The molecule has 0 radical (unpaired) electrons. The van der Waals surface area contributed by atoms with E-state index in [1.165, 1.54) is 89.9 Å². The molecule has 0 bridgehead atoms. The molecular formula is C35H64N6. The molecule has 3 unspecified atom stereocenters. The summed E-state index contributed by atoms with van der Waals surface area (Å²) >= 11 is 0. The number of aromatic nitrogens is 3. The van der Waals surface area contributed by atoms with Crippen LogP contribution >= 0.6 is 0 Å². The number of rotatable bonds is 14. The predicted molar refractivity (Wildman–Crippen MR) is 176 cm³/mol. The van der Waals surface area contributed by atoms with Crippen LogP contribution in [0.3, 0.4) is 0 Å². The Morgan fingerprint density at radius 3 is 1.34 bits per heavy atom. The molecule has 0 aliphatic carbocycles. The van der Waals surface area contributed by atoms with Crippen molar-refractivity contribution in [3.63, 3.8) is 0 Å². The molecule has 41 heavy (non-hydrogen) atoms. The van der Waals surface area contributed by atoms with Crippen LogP contribution in [0, 0.1) is 35.5 Å². The van der Waals surface area contributed by atoms with Gasteiger partial charge in [0.05, 0.1) is 0 Å². The highest BCUT2D eigenvalue weighted by molar-refractivity contribution is 5.47. The molecule has 3 fully saturated rings. The van der Waals surface area contributed by atoms with E-state index in [2.05, 4.69) is 56.2 Å². The zero-order valence-corrected chi connectivity index (χ0v) is 27.8. The number of nitrogens with zero attached hydrogens (tertiary/aromatic N) is 6. The largest absolute Gasteiger partial charge is 0.341 e. The lowest BCUT2D eigenvalue weighted by Crippen LogP contribution is -2.41. The highest BCUT2D eigenvalue weighted by atomic mass is 15.4. The van der Waals surface area contributed by atoms with Crippen molar-refractivity contribution in [1.29, 1.82) is 0 Å². The SMILES string of the molecule is CCCCC(CCC)C1CCN(c2nc(N3CCC(C(C)CC)CC3)nc(N3CCC(C(C)CCC)CC3)n2)CC1. The van der Waals surface area contributed by atoms with Crippen molar-refractivity contribution in [3.8, 4) is 0 Å². The van der Waals surface area contributed by atoms with Crippen LogP contribution in [0.15, 0.2) is 0 Å². The van der Waals surface area contributed by atoms with Crippen LogP contribution in [-0.4, -0.2) is 54.2 Å². The molecule has 3 saturated heterocycles. The fourth-order valence-electron chi connectivity index (χ4n) is 8.15. The van der Waals surface area contributed by atoms with Gasteiger partial charge in [0.25, 0.3) is 0 Å². The van der Waals surface area contributed by atoms with Gasteiger partial charge in [-0.15, -0.1) is 0 Å². The number of anilines is 3. The molecule has 0 spiro atoms. The van der Waals surface area contributed by atoms with Gasteiger partial charge in [0.1, 0.15) is 0 Å². The van der Waals surface area contributed by atoms with E-state index in [0.29, 0.717) is 0 Å². The van der Waals surface area contributed by atoms with E-state index >= 15 is 0 Å². The molecule has 3 atom stereocenters. The first-order valence-corrected chi connectivity index (χ1v) is 18.0. The molecule has 6 nitrogen and oxygen atoms in total. The highest BCUT2D eigenvalue weighted by Crippen LogP contribution is 2.35. The standard InChI is InChI=1S/C35H64N6/c1-7-11-14-31(13-9-3)32-19-25-41(26-20-32)35-37-33(39-21-15-29(16-22-39)27(5)10-4)36-34(38-35)40-23-17-30(18-24-40)28(6)12-8-2/h27-32H,7-26H2,1-6H3. The Hall–Kier alpha value is -1.59. The molecule has 4 heterocycles. The lowest BCUT2D eigenvalue weighted by Gasteiger charge is -2.39. The molecule has 0 N–H and O–H groups in total. The van der Waals surface area contributed by atoms with Gasteiger partial charge in [-0.1, -0.05) is 92.9 Å². The first-order chi connectivity index (χ1) is 20.0. The van der Waals surface area contributed by atoms with Gasteiger partial charge in [-0.3, -0.25) is 0 Å². The topological polar surface area (TPSA) is 48.4 Å². The fraction of sp³-hybridized carbons (Fsp3) is 0.914. The van der Waals surface area contributed by atoms with Gasteiger partial charge >= 0.3 is 0 Å². The molecule has 234 valence electrons. The van der Waals surface area contributed by atoms with E-state index < -0.39 is 0 Å². The molecule has 1 aromatic rings. The van der Waals surface area contributed by atoms with Crippen LogP contribution < -0.4 is 14.7 Å². The van der Waals surface area contributed by atoms with Crippen LogP contribution in [0.1, 0.15) is 131 Å². The maximum atomic E-state index is 5.20. The Morgan fingerprint density at radius 2 is 0.951 bits per heavy atom. The van der Waals surface area contributed by atoms with E-state index in [0.717, 1.165) is 92.6 Å². The summed E-state index contributed by atoms with van der Waals surface area (Å²) in [4.78, 5) is 23.0. The average Bonchev–Trinajstić information content (AvgIpc) is 3.03. The number of hydrogen-bond acceptors (Lipinski definition) is 6. The summed E-state index contributed by atoms with van der Waals surface area (Å²) in [5.41, 5.74) is 0. The third-order valence-electron chi connectivity index (χ3n) is 11.3. The first kappa shape index (κ1) is 32.3. The van der Waals surface area contributed by atoms with Crippen molar-refractivity contribution in [2.45, 2.75) is 131 Å². The number of piperidine rings is 3. The molecule has 0 amide bonds. The Kier molecular flexibility index (Phi) is 12.9. The number of hydrogen-bond donors (Lipinski definition) is 0. The predicted octanol–water partition coefficient (Wildman–Crippen LogP) is 8.61. The minimum absolute atomic E-state index is 0.813. The highest BCUT2D eigenvalue weighted by Gasteiger charge is 2.31. The van der Waals surface area contributed by atoms with Gasteiger partial charge in [-0.05, 0) is 74.0 Å². The Bertz CT molecular complexity index is 867. The second-order valence-corrected chi connectivity index (χ2v) is 14.1. The molecule has 3 aliphatic heterocycles. The van der Waals surface area contributed by atoms with E-state index in [-0.39, 0.29) is 0 Å². The molecule has 0 aromatic carbocycles. The molecule has 1 aromatic heterocycles. The van der Waals surface area contributed by atoms with Crippen molar-refractivity contribution in [1.82, 2.24) is 15.0 Å². The minimum atomic E-state index is 0.813. The average molecular weight is 569 g/mol. The summed E-state index contributed by atoms with van der Waals surface area (Å²) in [7, 11) is 0. The maximum absolute atomic E-state index is 5.20. The lowest BCUT2D eigenvalue weighted by atomic mass is 9.79.